The summed E-state index contributed by atoms with van der Waals surface area (Å²) in [6.07, 6.45) is 0. The zero-order valence-corrected chi connectivity index (χ0v) is 13.4. The number of nitrogens with one attached hydrogen (secondary N) is 2. The lowest BCUT2D eigenvalue weighted by molar-refractivity contribution is -0.118. The SMILES string of the molecule is CC(C)C(=O)Nc1ccc(NC(=O)c2c(F)cccc2Cl)cc1. The van der Waals surface area contributed by atoms with Crippen molar-refractivity contribution in [2.75, 3.05) is 10.6 Å². The van der Waals surface area contributed by atoms with E-state index in [4.69, 9.17) is 11.6 Å². The van der Waals surface area contributed by atoms with Crippen LogP contribution < -0.4 is 10.6 Å². The average Bonchev–Trinajstić information content (AvgIpc) is 2.49. The first-order valence-corrected chi connectivity index (χ1v) is 7.42. The van der Waals surface area contributed by atoms with Crippen LogP contribution in [0.15, 0.2) is 42.5 Å². The highest BCUT2D eigenvalue weighted by Gasteiger charge is 2.15. The summed E-state index contributed by atoms with van der Waals surface area (Å²) in [4.78, 5) is 23.7. The molecule has 2 rings (SSSR count). The van der Waals surface area contributed by atoms with Crippen molar-refractivity contribution >= 4 is 34.8 Å². The van der Waals surface area contributed by atoms with E-state index in [1.54, 1.807) is 38.1 Å². The Balaban J connectivity index is 2.09. The van der Waals surface area contributed by atoms with Crippen LogP contribution in [0.1, 0.15) is 24.2 Å². The molecule has 0 bridgehead atoms. The van der Waals surface area contributed by atoms with Gasteiger partial charge in [0, 0.05) is 17.3 Å². The predicted octanol–water partition coefficient (Wildman–Crippen LogP) is 4.33. The van der Waals surface area contributed by atoms with Gasteiger partial charge in [-0.05, 0) is 36.4 Å². The Morgan fingerprint density at radius 2 is 1.57 bits per heavy atom. The van der Waals surface area contributed by atoms with Crippen molar-refractivity contribution in [2.45, 2.75) is 13.8 Å². The van der Waals surface area contributed by atoms with Crippen LogP contribution in [-0.2, 0) is 4.79 Å². The first-order valence-electron chi connectivity index (χ1n) is 7.04. The number of benzene rings is 2. The molecule has 0 unspecified atom stereocenters. The molecule has 0 heterocycles. The number of anilines is 2. The first-order chi connectivity index (χ1) is 10.9. The summed E-state index contributed by atoms with van der Waals surface area (Å²) in [6, 6.07) is 10.6. The van der Waals surface area contributed by atoms with Gasteiger partial charge in [0.1, 0.15) is 5.82 Å². The van der Waals surface area contributed by atoms with E-state index < -0.39 is 11.7 Å². The fourth-order valence-corrected chi connectivity index (χ4v) is 2.08. The van der Waals surface area contributed by atoms with Crippen LogP contribution in [-0.4, -0.2) is 11.8 Å². The van der Waals surface area contributed by atoms with Crippen molar-refractivity contribution < 1.29 is 14.0 Å². The summed E-state index contributed by atoms with van der Waals surface area (Å²) in [5.41, 5.74) is 0.883. The molecular formula is C17H16ClFN2O2. The molecule has 0 saturated heterocycles. The molecule has 6 heteroatoms. The normalized spacial score (nSPS) is 10.5. The lowest BCUT2D eigenvalue weighted by atomic mass is 10.2. The standard InChI is InChI=1S/C17H16ClFN2O2/c1-10(2)16(22)20-11-6-8-12(9-7-11)21-17(23)15-13(18)4-3-5-14(15)19/h3-10H,1-2H3,(H,20,22)(H,21,23). The largest absolute Gasteiger partial charge is 0.326 e. The fourth-order valence-electron chi connectivity index (χ4n) is 1.83. The molecule has 0 fully saturated rings. The van der Waals surface area contributed by atoms with Gasteiger partial charge >= 0.3 is 0 Å². The van der Waals surface area contributed by atoms with Crippen LogP contribution in [0.25, 0.3) is 0 Å². The van der Waals surface area contributed by atoms with Crippen LogP contribution in [0.5, 0.6) is 0 Å². The maximum Gasteiger partial charge on any atom is 0.260 e. The van der Waals surface area contributed by atoms with E-state index in [9.17, 15) is 14.0 Å². The quantitative estimate of drug-likeness (QED) is 0.874. The Hall–Kier alpha value is -2.40. The average molecular weight is 335 g/mol. The van der Waals surface area contributed by atoms with Gasteiger partial charge in [-0.15, -0.1) is 0 Å². The minimum Gasteiger partial charge on any atom is -0.326 e. The predicted molar refractivity (Wildman–Crippen MR) is 89.3 cm³/mol. The molecule has 120 valence electrons. The van der Waals surface area contributed by atoms with Crippen LogP contribution in [0.2, 0.25) is 5.02 Å². The zero-order valence-electron chi connectivity index (χ0n) is 12.7. The van der Waals surface area contributed by atoms with Crippen LogP contribution in [0.4, 0.5) is 15.8 Å². The van der Waals surface area contributed by atoms with E-state index in [2.05, 4.69) is 10.6 Å². The van der Waals surface area contributed by atoms with Gasteiger partial charge < -0.3 is 10.6 Å². The number of carbonyl (C=O) groups is 2. The van der Waals surface area contributed by atoms with Crippen LogP contribution >= 0.6 is 11.6 Å². The van der Waals surface area contributed by atoms with E-state index in [-0.39, 0.29) is 22.4 Å². The molecule has 0 spiro atoms. The summed E-state index contributed by atoms with van der Waals surface area (Å²) in [5.74, 6) is -1.54. The Morgan fingerprint density at radius 3 is 2.09 bits per heavy atom. The number of rotatable bonds is 4. The number of amides is 2. The zero-order chi connectivity index (χ0) is 17.0. The van der Waals surface area contributed by atoms with Gasteiger partial charge in [0.2, 0.25) is 5.91 Å². The van der Waals surface area contributed by atoms with Gasteiger partial charge in [-0.25, -0.2) is 4.39 Å². The van der Waals surface area contributed by atoms with Crippen molar-refractivity contribution in [2.24, 2.45) is 5.92 Å². The molecule has 0 aliphatic rings. The van der Waals surface area contributed by atoms with Crippen molar-refractivity contribution in [3.8, 4) is 0 Å². The van der Waals surface area contributed by atoms with Gasteiger partial charge in [0.25, 0.3) is 5.91 Å². The van der Waals surface area contributed by atoms with E-state index in [0.717, 1.165) is 0 Å². The monoisotopic (exact) mass is 334 g/mol. The van der Waals surface area contributed by atoms with Crippen LogP contribution in [0, 0.1) is 11.7 Å². The number of halogens is 2. The van der Waals surface area contributed by atoms with Gasteiger partial charge in [0.05, 0.1) is 10.6 Å². The number of hydrogen-bond donors (Lipinski definition) is 2. The topological polar surface area (TPSA) is 58.2 Å². The highest BCUT2D eigenvalue weighted by molar-refractivity contribution is 6.34. The number of carbonyl (C=O) groups excluding carboxylic acids is 2. The first kappa shape index (κ1) is 17.0. The summed E-state index contributed by atoms with van der Waals surface area (Å²) >= 11 is 5.85. The molecule has 0 aliphatic carbocycles. The summed E-state index contributed by atoms with van der Waals surface area (Å²) in [6.45, 7) is 3.59. The smallest absolute Gasteiger partial charge is 0.260 e. The molecule has 2 aromatic rings. The maximum absolute atomic E-state index is 13.7. The molecule has 23 heavy (non-hydrogen) atoms. The number of hydrogen-bond acceptors (Lipinski definition) is 2. The Bertz CT molecular complexity index is 710. The lowest BCUT2D eigenvalue weighted by Crippen LogP contribution is -2.18. The molecule has 0 saturated carbocycles. The second kappa shape index (κ2) is 7.24. The van der Waals surface area contributed by atoms with Gasteiger partial charge in [-0.2, -0.15) is 0 Å². The maximum atomic E-state index is 13.7. The summed E-state index contributed by atoms with van der Waals surface area (Å²) in [7, 11) is 0. The molecule has 0 aliphatic heterocycles. The second-order valence-corrected chi connectivity index (χ2v) is 5.68. The summed E-state index contributed by atoms with van der Waals surface area (Å²) < 4.78 is 13.7. The van der Waals surface area contributed by atoms with E-state index in [1.807, 2.05) is 0 Å². The minimum atomic E-state index is -0.684. The molecule has 2 N–H and O–H groups in total. The molecule has 2 amide bonds. The lowest BCUT2D eigenvalue weighted by Gasteiger charge is -2.10. The van der Waals surface area contributed by atoms with E-state index >= 15 is 0 Å². The highest BCUT2D eigenvalue weighted by Crippen LogP contribution is 2.21. The molecule has 0 radical (unpaired) electrons. The molecule has 2 aromatic carbocycles. The third-order valence-electron chi connectivity index (χ3n) is 3.12. The van der Waals surface area contributed by atoms with Crippen molar-refractivity contribution in [3.63, 3.8) is 0 Å². The van der Waals surface area contributed by atoms with Crippen molar-refractivity contribution in [1.29, 1.82) is 0 Å². The Morgan fingerprint density at radius 1 is 1.00 bits per heavy atom. The van der Waals surface area contributed by atoms with E-state index in [0.29, 0.717) is 11.4 Å². The second-order valence-electron chi connectivity index (χ2n) is 5.27. The summed E-state index contributed by atoms with van der Waals surface area (Å²) in [5, 5.41) is 5.35. The van der Waals surface area contributed by atoms with Crippen molar-refractivity contribution in [3.05, 3.63) is 58.9 Å². The highest BCUT2D eigenvalue weighted by atomic mass is 35.5. The fraction of sp³-hybridized carbons (Fsp3) is 0.176. The minimum absolute atomic E-state index is 0.0447. The molecular weight excluding hydrogens is 319 g/mol. The van der Waals surface area contributed by atoms with Gasteiger partial charge in [0.15, 0.2) is 0 Å². The molecule has 0 atom stereocenters. The van der Waals surface area contributed by atoms with Crippen molar-refractivity contribution in [1.82, 2.24) is 0 Å². The third-order valence-corrected chi connectivity index (χ3v) is 3.44. The van der Waals surface area contributed by atoms with Gasteiger partial charge in [-0.3, -0.25) is 9.59 Å². The van der Waals surface area contributed by atoms with Crippen LogP contribution in [0.3, 0.4) is 0 Å². The third kappa shape index (κ3) is 4.29. The molecule has 0 aromatic heterocycles. The Labute approximate surface area is 138 Å². The van der Waals surface area contributed by atoms with Gasteiger partial charge in [-0.1, -0.05) is 31.5 Å². The molecule has 4 nitrogen and oxygen atoms in total. The Kier molecular flexibility index (Phi) is 5.34. The van der Waals surface area contributed by atoms with E-state index in [1.165, 1.54) is 18.2 Å².